The molecule has 0 unspecified atom stereocenters. The fraction of sp³-hybridized carbons (Fsp3) is 0.350. The topological polar surface area (TPSA) is 86.8 Å². The zero-order chi connectivity index (χ0) is 19.9. The number of piperazine rings is 1. The van der Waals surface area contributed by atoms with Crippen molar-refractivity contribution in [1.82, 2.24) is 15.2 Å². The Kier molecular flexibility index (Phi) is 6.44. The van der Waals surface area contributed by atoms with Crippen molar-refractivity contribution in [1.29, 1.82) is 0 Å². The van der Waals surface area contributed by atoms with E-state index in [1.165, 1.54) is 0 Å². The molecule has 0 radical (unpaired) electrons. The third kappa shape index (κ3) is 5.20. The minimum atomic E-state index is -0.327. The molecule has 1 aliphatic rings. The molecule has 8 nitrogen and oxygen atoms in total. The van der Waals surface area contributed by atoms with E-state index in [0.717, 1.165) is 12.2 Å². The van der Waals surface area contributed by atoms with Gasteiger partial charge in [0.1, 0.15) is 18.1 Å². The van der Waals surface area contributed by atoms with Gasteiger partial charge in [-0.1, -0.05) is 12.1 Å². The molecule has 1 aliphatic heterocycles. The second-order valence-electron chi connectivity index (χ2n) is 6.77. The van der Waals surface area contributed by atoms with Crippen LogP contribution in [0.5, 0.6) is 5.75 Å². The Morgan fingerprint density at radius 1 is 1.32 bits per heavy atom. The third-order valence-electron chi connectivity index (χ3n) is 4.31. The summed E-state index contributed by atoms with van der Waals surface area (Å²) in [7, 11) is 3.95. The minimum absolute atomic E-state index is 0.0298. The number of pyridine rings is 1. The highest BCUT2D eigenvalue weighted by Gasteiger charge is 2.18. The van der Waals surface area contributed by atoms with Crippen molar-refractivity contribution in [3.63, 3.8) is 0 Å². The van der Waals surface area contributed by atoms with Gasteiger partial charge in [0, 0.05) is 31.5 Å². The molecule has 2 aromatic rings. The number of likely N-dealkylation sites (N-methyl/N-ethyl adjacent to an activating group) is 1. The Balaban J connectivity index is 1.70. The van der Waals surface area contributed by atoms with E-state index in [9.17, 15) is 9.59 Å². The first-order valence-corrected chi connectivity index (χ1v) is 9.18. The van der Waals surface area contributed by atoms with Crippen LogP contribution in [0.2, 0.25) is 0 Å². The Hall–Kier alpha value is -3.13. The number of rotatable bonds is 7. The van der Waals surface area contributed by atoms with Crippen LogP contribution in [0, 0.1) is 0 Å². The molecule has 0 atom stereocenters. The van der Waals surface area contributed by atoms with Crippen LogP contribution in [0.3, 0.4) is 0 Å². The monoisotopic (exact) mass is 383 g/mol. The van der Waals surface area contributed by atoms with Gasteiger partial charge in [-0.3, -0.25) is 14.6 Å². The van der Waals surface area contributed by atoms with E-state index in [2.05, 4.69) is 15.6 Å². The molecule has 2 heterocycles. The highest BCUT2D eigenvalue weighted by molar-refractivity contribution is 6.04. The summed E-state index contributed by atoms with van der Waals surface area (Å²) in [6.07, 6.45) is 1.58. The number of nitrogens with zero attached hydrogens (tertiary/aromatic N) is 3. The molecule has 2 N–H and O–H groups in total. The van der Waals surface area contributed by atoms with Crippen molar-refractivity contribution in [3.05, 3.63) is 48.3 Å². The summed E-state index contributed by atoms with van der Waals surface area (Å²) >= 11 is 0. The van der Waals surface area contributed by atoms with Crippen molar-refractivity contribution >= 4 is 23.2 Å². The third-order valence-corrected chi connectivity index (χ3v) is 4.31. The fourth-order valence-corrected chi connectivity index (χ4v) is 2.82. The number of amides is 2. The molecule has 148 valence electrons. The molecule has 8 heteroatoms. The minimum Gasteiger partial charge on any atom is -0.490 e. The number of aromatic nitrogens is 1. The van der Waals surface area contributed by atoms with Crippen molar-refractivity contribution in [2.45, 2.75) is 0 Å². The lowest BCUT2D eigenvalue weighted by Crippen LogP contribution is -2.47. The first-order chi connectivity index (χ1) is 13.5. The van der Waals surface area contributed by atoms with E-state index in [1.54, 1.807) is 24.4 Å². The van der Waals surface area contributed by atoms with E-state index in [-0.39, 0.29) is 24.1 Å². The number of anilines is 2. The molecule has 0 saturated carbocycles. The molecular weight excluding hydrogens is 358 g/mol. The maximum atomic E-state index is 12.7. The van der Waals surface area contributed by atoms with E-state index >= 15 is 0 Å². The molecule has 28 heavy (non-hydrogen) atoms. The summed E-state index contributed by atoms with van der Waals surface area (Å²) in [4.78, 5) is 32.4. The average molecular weight is 383 g/mol. The number of benzene rings is 1. The van der Waals surface area contributed by atoms with Crippen molar-refractivity contribution in [2.75, 3.05) is 57.1 Å². The van der Waals surface area contributed by atoms with Crippen LogP contribution in [0.25, 0.3) is 0 Å². The Morgan fingerprint density at radius 2 is 2.14 bits per heavy atom. The largest absolute Gasteiger partial charge is 0.490 e. The van der Waals surface area contributed by atoms with Gasteiger partial charge in [-0.05, 0) is 38.4 Å². The summed E-state index contributed by atoms with van der Waals surface area (Å²) in [5.41, 5.74) is 1.67. The lowest BCUT2D eigenvalue weighted by molar-refractivity contribution is -0.120. The summed E-state index contributed by atoms with van der Waals surface area (Å²) in [6, 6.07) is 10.8. The van der Waals surface area contributed by atoms with Crippen molar-refractivity contribution < 1.29 is 14.3 Å². The standard InChI is InChI=1S/C20H25N5O3/c1-24(2)11-12-28-18-6-4-3-5-16(18)23-20(27)17-13-15(7-8-21-17)25-10-9-22-19(26)14-25/h3-8,13H,9-12,14H2,1-2H3,(H,22,26)(H,23,27). The SMILES string of the molecule is CN(C)CCOc1ccccc1NC(=O)c1cc(N2CCNC(=O)C2)ccn1. The number of carbonyl (C=O) groups is 2. The van der Waals surface area contributed by atoms with Crippen LogP contribution in [-0.4, -0.2) is 68.6 Å². The summed E-state index contributed by atoms with van der Waals surface area (Å²) in [5.74, 6) is 0.256. The molecule has 2 amide bonds. The van der Waals surface area contributed by atoms with Crippen LogP contribution in [0.15, 0.2) is 42.6 Å². The van der Waals surface area contributed by atoms with Crippen LogP contribution in [-0.2, 0) is 4.79 Å². The molecule has 0 bridgehead atoms. The van der Waals surface area contributed by atoms with Gasteiger partial charge in [0.2, 0.25) is 5.91 Å². The van der Waals surface area contributed by atoms with Crippen LogP contribution in [0.4, 0.5) is 11.4 Å². The van der Waals surface area contributed by atoms with Crippen molar-refractivity contribution in [3.8, 4) is 5.75 Å². The Bertz CT molecular complexity index is 840. The molecule has 1 aromatic carbocycles. The highest BCUT2D eigenvalue weighted by atomic mass is 16.5. The molecule has 1 fully saturated rings. The lowest BCUT2D eigenvalue weighted by Gasteiger charge is -2.28. The number of ether oxygens (including phenoxy) is 1. The number of hydrogen-bond acceptors (Lipinski definition) is 6. The maximum Gasteiger partial charge on any atom is 0.274 e. The second kappa shape index (κ2) is 9.18. The smallest absolute Gasteiger partial charge is 0.274 e. The van der Waals surface area contributed by atoms with E-state index in [4.69, 9.17) is 4.74 Å². The molecular formula is C20H25N5O3. The second-order valence-corrected chi connectivity index (χ2v) is 6.77. The first kappa shape index (κ1) is 19.6. The molecule has 1 aromatic heterocycles. The van der Waals surface area contributed by atoms with E-state index in [1.807, 2.05) is 42.1 Å². The molecule has 3 rings (SSSR count). The number of nitrogens with one attached hydrogen (secondary N) is 2. The first-order valence-electron chi connectivity index (χ1n) is 9.18. The average Bonchev–Trinajstić information content (AvgIpc) is 2.69. The quantitative estimate of drug-likeness (QED) is 0.747. The molecule has 1 saturated heterocycles. The zero-order valence-electron chi connectivity index (χ0n) is 16.1. The molecule has 0 aliphatic carbocycles. The van der Waals surface area contributed by atoms with E-state index in [0.29, 0.717) is 31.1 Å². The van der Waals surface area contributed by atoms with Crippen LogP contribution in [0.1, 0.15) is 10.5 Å². The van der Waals surface area contributed by atoms with Gasteiger partial charge in [0.15, 0.2) is 0 Å². The number of para-hydroxylation sites is 2. The van der Waals surface area contributed by atoms with Gasteiger partial charge < -0.3 is 25.2 Å². The predicted octanol–water partition coefficient (Wildman–Crippen LogP) is 1.21. The molecule has 0 spiro atoms. The van der Waals surface area contributed by atoms with E-state index < -0.39 is 0 Å². The highest BCUT2D eigenvalue weighted by Crippen LogP contribution is 2.24. The fourth-order valence-electron chi connectivity index (χ4n) is 2.82. The number of carbonyl (C=O) groups excluding carboxylic acids is 2. The van der Waals surface area contributed by atoms with Crippen molar-refractivity contribution in [2.24, 2.45) is 0 Å². The van der Waals surface area contributed by atoms with Crippen LogP contribution >= 0.6 is 0 Å². The Labute approximate surface area is 164 Å². The van der Waals surface area contributed by atoms with Gasteiger partial charge >= 0.3 is 0 Å². The summed E-state index contributed by atoms with van der Waals surface area (Å²) in [5, 5.41) is 5.66. The normalized spacial score (nSPS) is 14.0. The summed E-state index contributed by atoms with van der Waals surface area (Å²) in [6.45, 7) is 2.84. The van der Waals surface area contributed by atoms with Gasteiger partial charge in [-0.25, -0.2) is 0 Å². The van der Waals surface area contributed by atoms with Gasteiger partial charge in [-0.2, -0.15) is 0 Å². The predicted molar refractivity (Wildman–Crippen MR) is 108 cm³/mol. The maximum absolute atomic E-state index is 12.7. The van der Waals surface area contributed by atoms with Crippen LogP contribution < -0.4 is 20.3 Å². The number of hydrogen-bond donors (Lipinski definition) is 2. The summed E-state index contributed by atoms with van der Waals surface area (Å²) < 4.78 is 5.79. The Morgan fingerprint density at radius 3 is 2.93 bits per heavy atom. The van der Waals surface area contributed by atoms with Gasteiger partial charge in [-0.15, -0.1) is 0 Å². The van der Waals surface area contributed by atoms with Gasteiger partial charge in [0.05, 0.1) is 12.2 Å². The van der Waals surface area contributed by atoms with Gasteiger partial charge in [0.25, 0.3) is 5.91 Å². The zero-order valence-corrected chi connectivity index (χ0v) is 16.1. The lowest BCUT2D eigenvalue weighted by atomic mass is 10.2.